The third-order valence-electron chi connectivity index (χ3n) is 6.08. The van der Waals surface area contributed by atoms with Crippen molar-refractivity contribution in [1.82, 2.24) is 10.2 Å². The van der Waals surface area contributed by atoms with Crippen LogP contribution in [0.3, 0.4) is 0 Å². The third-order valence-corrected chi connectivity index (χ3v) is 7.33. The molecule has 38 heavy (non-hydrogen) atoms. The Morgan fingerprint density at radius 3 is 2.16 bits per heavy atom. The number of piperazine rings is 1. The van der Waals surface area contributed by atoms with Crippen LogP contribution in [0.5, 0.6) is 11.5 Å². The van der Waals surface area contributed by atoms with Crippen LogP contribution in [0.1, 0.15) is 20.7 Å². The minimum Gasteiger partial charge on any atom is -0.497 e. The molecule has 0 aliphatic carbocycles. The first kappa shape index (κ1) is 27.9. The number of ether oxygens (including phenoxy) is 2. The Hall–Kier alpha value is -3.15. The van der Waals surface area contributed by atoms with Gasteiger partial charge in [0.25, 0.3) is 11.8 Å². The van der Waals surface area contributed by atoms with Crippen LogP contribution < -0.4 is 25.0 Å². The largest absolute Gasteiger partial charge is 0.497 e. The van der Waals surface area contributed by atoms with Crippen molar-refractivity contribution in [3.8, 4) is 11.5 Å². The molecule has 2 N–H and O–H groups in total. The molecule has 1 aliphatic rings. The van der Waals surface area contributed by atoms with Gasteiger partial charge in [-0.05, 0) is 88.8 Å². The molecule has 1 saturated heterocycles. The molecule has 0 radical (unpaired) electrons. The highest BCUT2D eigenvalue weighted by Crippen LogP contribution is 2.32. The zero-order valence-corrected chi connectivity index (χ0v) is 24.8. The van der Waals surface area contributed by atoms with Crippen molar-refractivity contribution >= 4 is 72.4 Å². The minimum atomic E-state index is -0.389. The van der Waals surface area contributed by atoms with Crippen molar-refractivity contribution in [2.45, 2.75) is 0 Å². The fourth-order valence-electron chi connectivity index (χ4n) is 4.11. The van der Waals surface area contributed by atoms with Gasteiger partial charge in [0, 0.05) is 47.6 Å². The van der Waals surface area contributed by atoms with Gasteiger partial charge in [-0.25, -0.2) is 0 Å². The summed E-state index contributed by atoms with van der Waals surface area (Å²) >= 11 is 12.1. The maximum absolute atomic E-state index is 12.8. The molecule has 0 atom stereocenters. The second kappa shape index (κ2) is 12.6. The van der Waals surface area contributed by atoms with Gasteiger partial charge in [-0.15, -0.1) is 0 Å². The van der Waals surface area contributed by atoms with E-state index in [9.17, 15) is 9.59 Å². The van der Waals surface area contributed by atoms with E-state index < -0.39 is 0 Å². The number of halogens is 2. The molecular formula is C27H26Br2N4O4S. The summed E-state index contributed by atoms with van der Waals surface area (Å²) in [5.74, 6) is 0.782. The van der Waals surface area contributed by atoms with Crippen molar-refractivity contribution in [2.24, 2.45) is 0 Å². The van der Waals surface area contributed by atoms with Crippen molar-refractivity contribution in [2.75, 3.05) is 50.6 Å². The standard InChI is InChI=1S/C27H26Br2N4O4S/c1-36-21-9-3-17(4-10-21)26(35)33-13-11-32(12-14-33)20-7-5-19(6-8-20)30-27(38)31-25(34)22-15-18(28)16-23(29)24(22)37-2/h3-10,15-16H,11-14H2,1-2H3,(H2,30,31,34,38). The van der Waals surface area contributed by atoms with Crippen LogP contribution in [0.15, 0.2) is 69.6 Å². The fourth-order valence-corrected chi connectivity index (χ4v) is 5.71. The molecule has 1 fully saturated rings. The average molecular weight is 662 g/mol. The fraction of sp³-hybridized carbons (Fsp3) is 0.222. The lowest BCUT2D eigenvalue weighted by molar-refractivity contribution is 0.0746. The molecule has 0 aromatic heterocycles. The zero-order chi connectivity index (χ0) is 27.2. The maximum atomic E-state index is 12.8. The summed E-state index contributed by atoms with van der Waals surface area (Å²) in [6.45, 7) is 2.73. The number of methoxy groups -OCH3 is 2. The van der Waals surface area contributed by atoms with Gasteiger partial charge in [0.2, 0.25) is 0 Å². The Balaban J connectivity index is 1.30. The quantitative estimate of drug-likeness (QED) is 0.346. The molecule has 0 spiro atoms. The smallest absolute Gasteiger partial charge is 0.261 e. The van der Waals surface area contributed by atoms with Crippen LogP contribution in [0.4, 0.5) is 11.4 Å². The number of rotatable bonds is 6. The average Bonchev–Trinajstić information content (AvgIpc) is 2.92. The van der Waals surface area contributed by atoms with Crippen molar-refractivity contribution in [1.29, 1.82) is 0 Å². The molecule has 0 saturated carbocycles. The molecule has 198 valence electrons. The van der Waals surface area contributed by atoms with E-state index in [2.05, 4.69) is 47.4 Å². The summed E-state index contributed by atoms with van der Waals surface area (Å²) in [6, 6.07) is 18.4. The highest BCUT2D eigenvalue weighted by Gasteiger charge is 2.22. The van der Waals surface area contributed by atoms with Crippen molar-refractivity contribution < 1.29 is 19.1 Å². The Morgan fingerprint density at radius 1 is 0.895 bits per heavy atom. The summed E-state index contributed by atoms with van der Waals surface area (Å²) in [5, 5.41) is 5.91. The molecule has 0 unspecified atom stereocenters. The second-order valence-electron chi connectivity index (χ2n) is 8.43. The van der Waals surface area contributed by atoms with Crippen LogP contribution in [0.2, 0.25) is 0 Å². The number of nitrogens with zero attached hydrogens (tertiary/aromatic N) is 2. The number of nitrogens with one attached hydrogen (secondary N) is 2. The lowest BCUT2D eigenvalue weighted by Crippen LogP contribution is -2.48. The number of hydrogen-bond acceptors (Lipinski definition) is 6. The van der Waals surface area contributed by atoms with Crippen LogP contribution in [-0.2, 0) is 0 Å². The van der Waals surface area contributed by atoms with Crippen molar-refractivity contribution in [3.05, 3.63) is 80.7 Å². The van der Waals surface area contributed by atoms with Gasteiger partial charge in [-0.2, -0.15) is 0 Å². The van der Waals surface area contributed by atoms with Crippen LogP contribution in [-0.4, -0.2) is 62.2 Å². The van der Waals surface area contributed by atoms with E-state index >= 15 is 0 Å². The maximum Gasteiger partial charge on any atom is 0.261 e. The molecule has 8 nitrogen and oxygen atoms in total. The summed E-state index contributed by atoms with van der Waals surface area (Å²) in [5.41, 5.74) is 2.79. The lowest BCUT2D eigenvalue weighted by atomic mass is 10.1. The van der Waals surface area contributed by atoms with Gasteiger partial charge in [-0.3, -0.25) is 14.9 Å². The van der Waals surface area contributed by atoms with Gasteiger partial charge in [0.1, 0.15) is 11.5 Å². The zero-order valence-electron chi connectivity index (χ0n) is 20.8. The summed E-state index contributed by atoms with van der Waals surface area (Å²) in [6.07, 6.45) is 0. The minimum absolute atomic E-state index is 0.0234. The van der Waals surface area contributed by atoms with E-state index in [-0.39, 0.29) is 16.9 Å². The Labute approximate surface area is 243 Å². The van der Waals surface area contributed by atoms with E-state index in [0.29, 0.717) is 34.4 Å². The Morgan fingerprint density at radius 2 is 1.55 bits per heavy atom. The number of benzene rings is 3. The molecule has 2 amide bonds. The lowest BCUT2D eigenvalue weighted by Gasteiger charge is -2.36. The van der Waals surface area contributed by atoms with Crippen LogP contribution in [0.25, 0.3) is 0 Å². The van der Waals surface area contributed by atoms with Gasteiger partial charge in [0.15, 0.2) is 5.11 Å². The van der Waals surface area contributed by atoms with Gasteiger partial charge in [0.05, 0.1) is 24.3 Å². The number of hydrogen-bond donors (Lipinski definition) is 2. The van der Waals surface area contributed by atoms with Gasteiger partial charge < -0.3 is 24.6 Å². The highest BCUT2D eigenvalue weighted by atomic mass is 79.9. The second-order valence-corrected chi connectivity index (χ2v) is 10.6. The van der Waals surface area contributed by atoms with Gasteiger partial charge >= 0.3 is 0 Å². The van der Waals surface area contributed by atoms with E-state index in [1.165, 1.54) is 7.11 Å². The summed E-state index contributed by atoms with van der Waals surface area (Å²) in [7, 11) is 3.11. The SMILES string of the molecule is COc1ccc(C(=O)N2CCN(c3ccc(NC(=S)NC(=O)c4cc(Br)cc(Br)c4OC)cc3)CC2)cc1. The Bertz CT molecular complexity index is 1330. The predicted molar refractivity (Wildman–Crippen MR) is 160 cm³/mol. The summed E-state index contributed by atoms with van der Waals surface area (Å²) < 4.78 is 11.9. The molecule has 1 aliphatic heterocycles. The molecule has 0 bridgehead atoms. The van der Waals surface area contributed by atoms with Crippen LogP contribution in [0, 0.1) is 0 Å². The summed E-state index contributed by atoms with van der Waals surface area (Å²) in [4.78, 5) is 29.7. The van der Waals surface area contributed by atoms with Gasteiger partial charge in [-0.1, -0.05) is 15.9 Å². The number of amides is 2. The molecule has 3 aromatic carbocycles. The van der Waals surface area contributed by atoms with E-state index in [1.807, 2.05) is 29.2 Å². The number of carbonyl (C=O) groups excluding carboxylic acids is 2. The van der Waals surface area contributed by atoms with E-state index in [0.717, 1.165) is 34.7 Å². The number of carbonyl (C=O) groups is 2. The molecule has 3 aromatic rings. The third kappa shape index (κ3) is 6.64. The highest BCUT2D eigenvalue weighted by molar-refractivity contribution is 9.11. The molecular weight excluding hydrogens is 636 g/mol. The predicted octanol–water partition coefficient (Wildman–Crippen LogP) is 5.32. The first-order chi connectivity index (χ1) is 18.3. The van der Waals surface area contributed by atoms with E-state index in [1.54, 1.807) is 43.5 Å². The monoisotopic (exact) mass is 660 g/mol. The topological polar surface area (TPSA) is 83.1 Å². The normalized spacial score (nSPS) is 13.1. The number of anilines is 2. The van der Waals surface area contributed by atoms with Crippen LogP contribution >= 0.6 is 44.1 Å². The molecule has 11 heteroatoms. The van der Waals surface area contributed by atoms with Crippen molar-refractivity contribution in [3.63, 3.8) is 0 Å². The van der Waals surface area contributed by atoms with E-state index in [4.69, 9.17) is 21.7 Å². The first-order valence-electron chi connectivity index (χ1n) is 11.7. The molecule has 4 rings (SSSR count). The first-order valence-corrected chi connectivity index (χ1v) is 13.7. The Kier molecular flexibility index (Phi) is 9.24. The number of thiocarbonyl (C=S) groups is 1. The molecule has 1 heterocycles.